The van der Waals surface area contributed by atoms with E-state index in [4.69, 9.17) is 9.47 Å². The molecule has 7 nitrogen and oxygen atoms in total. The number of hydrogen-bond acceptors (Lipinski definition) is 4. The van der Waals surface area contributed by atoms with Crippen LogP contribution in [0.5, 0.6) is 0 Å². The summed E-state index contributed by atoms with van der Waals surface area (Å²) in [4.78, 5) is 26.3. The number of anilines is 1. The van der Waals surface area contributed by atoms with Crippen molar-refractivity contribution < 1.29 is 14.3 Å². The molecule has 0 aliphatic carbocycles. The summed E-state index contributed by atoms with van der Waals surface area (Å²) in [7, 11) is 3.37. The minimum Gasteiger partial charge on any atom is -0.385 e. The number of methoxy groups -OCH3 is 1. The number of rotatable bonds is 4. The molecular formula is C18H23N3O4. The van der Waals surface area contributed by atoms with Crippen LogP contribution in [0.25, 0.3) is 10.9 Å². The Bertz CT molecular complexity index is 818. The quantitative estimate of drug-likeness (QED) is 0.917. The summed E-state index contributed by atoms with van der Waals surface area (Å²) < 4.78 is 12.2. The SMILES string of the molecule is COCC[C@H]1COCCN1C(=O)Nc1ccc2ccc(=O)n(C)c2c1. The maximum Gasteiger partial charge on any atom is 0.322 e. The molecule has 0 radical (unpaired) electrons. The smallest absolute Gasteiger partial charge is 0.322 e. The average Bonchev–Trinajstić information content (AvgIpc) is 2.63. The van der Waals surface area contributed by atoms with Gasteiger partial charge in [0.25, 0.3) is 5.56 Å². The van der Waals surface area contributed by atoms with Crippen molar-refractivity contribution in [1.82, 2.24) is 9.47 Å². The molecule has 134 valence electrons. The van der Waals surface area contributed by atoms with Crippen LogP contribution in [-0.4, -0.2) is 55.0 Å². The predicted octanol–water partition coefficient (Wildman–Crippen LogP) is 1.81. The molecule has 2 aromatic rings. The molecule has 25 heavy (non-hydrogen) atoms. The van der Waals surface area contributed by atoms with Gasteiger partial charge in [-0.2, -0.15) is 0 Å². The summed E-state index contributed by atoms with van der Waals surface area (Å²) in [6.45, 7) is 2.17. The normalized spacial score (nSPS) is 17.7. The van der Waals surface area contributed by atoms with Gasteiger partial charge in [-0.15, -0.1) is 0 Å². The molecule has 3 rings (SSSR count). The number of benzene rings is 1. The molecule has 0 bridgehead atoms. The molecule has 1 saturated heterocycles. The van der Waals surface area contributed by atoms with E-state index in [2.05, 4.69) is 5.32 Å². The zero-order valence-corrected chi connectivity index (χ0v) is 14.5. The number of aromatic nitrogens is 1. The van der Waals surface area contributed by atoms with Crippen LogP contribution in [0.15, 0.2) is 35.1 Å². The zero-order chi connectivity index (χ0) is 17.8. The van der Waals surface area contributed by atoms with E-state index in [9.17, 15) is 9.59 Å². The van der Waals surface area contributed by atoms with E-state index in [1.54, 1.807) is 29.7 Å². The maximum absolute atomic E-state index is 12.7. The van der Waals surface area contributed by atoms with Crippen molar-refractivity contribution in [2.45, 2.75) is 12.5 Å². The fraction of sp³-hybridized carbons (Fsp3) is 0.444. The number of fused-ring (bicyclic) bond motifs is 1. The number of pyridine rings is 1. The number of carbonyl (C=O) groups excluding carboxylic acids is 1. The van der Waals surface area contributed by atoms with Gasteiger partial charge in [-0.05, 0) is 30.0 Å². The molecule has 7 heteroatoms. The molecule has 0 spiro atoms. The van der Waals surface area contributed by atoms with Crippen molar-refractivity contribution in [2.75, 3.05) is 38.8 Å². The standard InChI is InChI=1S/C18H23N3O4/c1-20-16-11-14(5-3-13(16)4-6-17(20)22)19-18(23)21-8-10-25-12-15(21)7-9-24-2/h3-6,11,15H,7-10,12H2,1-2H3,(H,19,23)/t15-/m0/s1. The lowest BCUT2D eigenvalue weighted by Crippen LogP contribution is -2.50. The first-order valence-electron chi connectivity index (χ1n) is 8.34. The van der Waals surface area contributed by atoms with Gasteiger partial charge in [0.05, 0.1) is 24.8 Å². The molecule has 2 heterocycles. The predicted molar refractivity (Wildman–Crippen MR) is 96.0 cm³/mol. The number of ether oxygens (including phenoxy) is 2. The second-order valence-corrected chi connectivity index (χ2v) is 6.14. The highest BCUT2D eigenvalue weighted by Crippen LogP contribution is 2.19. The minimum atomic E-state index is -0.162. The largest absolute Gasteiger partial charge is 0.385 e. The fourth-order valence-electron chi connectivity index (χ4n) is 3.05. The monoisotopic (exact) mass is 345 g/mol. The lowest BCUT2D eigenvalue weighted by atomic mass is 10.1. The molecule has 1 N–H and O–H groups in total. The summed E-state index contributed by atoms with van der Waals surface area (Å²) in [6, 6.07) is 8.71. The number of carbonyl (C=O) groups is 1. The number of amides is 2. The van der Waals surface area contributed by atoms with Crippen LogP contribution in [0.1, 0.15) is 6.42 Å². The van der Waals surface area contributed by atoms with E-state index in [1.807, 2.05) is 18.2 Å². The van der Waals surface area contributed by atoms with Gasteiger partial charge in [0.2, 0.25) is 0 Å². The van der Waals surface area contributed by atoms with Gasteiger partial charge in [0.15, 0.2) is 0 Å². The van der Waals surface area contributed by atoms with Crippen molar-refractivity contribution in [2.24, 2.45) is 7.05 Å². The summed E-state index contributed by atoms with van der Waals surface area (Å²) in [5.74, 6) is 0. The van der Waals surface area contributed by atoms with Crippen molar-refractivity contribution in [3.05, 3.63) is 40.7 Å². The van der Waals surface area contributed by atoms with E-state index in [0.717, 1.165) is 17.3 Å². The van der Waals surface area contributed by atoms with Gasteiger partial charge >= 0.3 is 6.03 Å². The first-order chi connectivity index (χ1) is 12.1. The minimum absolute atomic E-state index is 0.00138. The summed E-state index contributed by atoms with van der Waals surface area (Å²) in [5.41, 5.74) is 1.36. The molecule has 0 saturated carbocycles. The van der Waals surface area contributed by atoms with Crippen molar-refractivity contribution in [3.63, 3.8) is 0 Å². The Morgan fingerprint density at radius 1 is 1.36 bits per heavy atom. The Morgan fingerprint density at radius 3 is 2.96 bits per heavy atom. The molecule has 1 aromatic carbocycles. The molecular weight excluding hydrogens is 322 g/mol. The third-order valence-corrected chi connectivity index (χ3v) is 4.52. The van der Waals surface area contributed by atoms with Gasteiger partial charge in [0.1, 0.15) is 0 Å². The molecule has 1 aromatic heterocycles. The number of morpholine rings is 1. The van der Waals surface area contributed by atoms with Gasteiger partial charge in [-0.3, -0.25) is 4.79 Å². The Morgan fingerprint density at radius 2 is 2.16 bits per heavy atom. The Kier molecular flexibility index (Phi) is 5.35. The number of nitrogens with zero attached hydrogens (tertiary/aromatic N) is 2. The molecule has 1 aliphatic rings. The Balaban J connectivity index is 1.78. The van der Waals surface area contributed by atoms with Crippen molar-refractivity contribution in [1.29, 1.82) is 0 Å². The van der Waals surface area contributed by atoms with Crippen molar-refractivity contribution >= 4 is 22.6 Å². The Hall–Kier alpha value is -2.38. The first-order valence-corrected chi connectivity index (χ1v) is 8.34. The first kappa shape index (κ1) is 17.4. The van der Waals surface area contributed by atoms with E-state index < -0.39 is 0 Å². The highest BCUT2D eigenvalue weighted by atomic mass is 16.5. The lowest BCUT2D eigenvalue weighted by molar-refractivity contribution is 0.00449. The van der Waals surface area contributed by atoms with E-state index >= 15 is 0 Å². The molecule has 1 fully saturated rings. The van der Waals surface area contributed by atoms with Crippen LogP contribution in [0.3, 0.4) is 0 Å². The summed E-state index contributed by atoms with van der Waals surface area (Å²) in [6.07, 6.45) is 0.732. The van der Waals surface area contributed by atoms with Gasteiger partial charge < -0.3 is 24.3 Å². The molecule has 1 aliphatic heterocycles. The third-order valence-electron chi connectivity index (χ3n) is 4.52. The molecule has 1 atom stereocenters. The van der Waals surface area contributed by atoms with Crippen LogP contribution in [0.4, 0.5) is 10.5 Å². The lowest BCUT2D eigenvalue weighted by Gasteiger charge is -2.35. The highest BCUT2D eigenvalue weighted by molar-refractivity contribution is 5.92. The van der Waals surface area contributed by atoms with Crippen LogP contribution in [-0.2, 0) is 16.5 Å². The van der Waals surface area contributed by atoms with Gasteiger partial charge in [-0.1, -0.05) is 6.07 Å². The Labute approximate surface area is 146 Å². The molecule has 2 amide bonds. The molecule has 0 unspecified atom stereocenters. The second kappa shape index (κ2) is 7.67. The number of aryl methyl sites for hydroxylation is 1. The van der Waals surface area contributed by atoms with Crippen LogP contribution >= 0.6 is 0 Å². The third kappa shape index (κ3) is 3.83. The fourth-order valence-corrected chi connectivity index (χ4v) is 3.05. The summed E-state index contributed by atoms with van der Waals surface area (Å²) in [5, 5.41) is 3.88. The maximum atomic E-state index is 12.7. The second-order valence-electron chi connectivity index (χ2n) is 6.14. The highest BCUT2D eigenvalue weighted by Gasteiger charge is 2.27. The van der Waals surface area contributed by atoms with Gasteiger partial charge in [0, 0.05) is 39.1 Å². The van der Waals surface area contributed by atoms with Crippen LogP contribution < -0.4 is 10.9 Å². The van der Waals surface area contributed by atoms with Crippen LogP contribution in [0, 0.1) is 0 Å². The number of urea groups is 1. The number of hydrogen-bond donors (Lipinski definition) is 1. The topological polar surface area (TPSA) is 72.8 Å². The zero-order valence-electron chi connectivity index (χ0n) is 14.5. The van der Waals surface area contributed by atoms with Crippen LogP contribution in [0.2, 0.25) is 0 Å². The van der Waals surface area contributed by atoms with Gasteiger partial charge in [-0.25, -0.2) is 4.79 Å². The van der Waals surface area contributed by atoms with E-state index in [0.29, 0.717) is 32.1 Å². The van der Waals surface area contributed by atoms with Crippen molar-refractivity contribution in [3.8, 4) is 0 Å². The van der Waals surface area contributed by atoms with E-state index in [-0.39, 0.29) is 17.6 Å². The number of nitrogens with one attached hydrogen (secondary N) is 1. The summed E-state index contributed by atoms with van der Waals surface area (Å²) >= 11 is 0. The average molecular weight is 345 g/mol. The van der Waals surface area contributed by atoms with E-state index in [1.165, 1.54) is 6.07 Å².